The zero-order chi connectivity index (χ0) is 24.9. The van der Waals surface area contributed by atoms with Crippen LogP contribution in [0.25, 0.3) is 17.2 Å². The van der Waals surface area contributed by atoms with Crippen LogP contribution in [-0.4, -0.2) is 33.2 Å². The van der Waals surface area contributed by atoms with Gasteiger partial charge in [0.15, 0.2) is 0 Å². The molecule has 9 heteroatoms. The average molecular weight is 504 g/mol. The second-order valence-corrected chi connectivity index (χ2v) is 9.91. The van der Waals surface area contributed by atoms with Gasteiger partial charge in [0.2, 0.25) is 5.95 Å². The number of nitrogens with one attached hydrogen (secondary N) is 3. The summed E-state index contributed by atoms with van der Waals surface area (Å²) in [7, 11) is 0. The minimum atomic E-state index is -0.399. The quantitative estimate of drug-likeness (QED) is 0.385. The van der Waals surface area contributed by atoms with Crippen molar-refractivity contribution in [2.75, 3.05) is 5.32 Å². The molecule has 0 spiro atoms. The number of nitrogens with zero attached hydrogens (tertiary/aromatic N) is 2. The summed E-state index contributed by atoms with van der Waals surface area (Å²) in [4.78, 5) is 32.3. The van der Waals surface area contributed by atoms with Crippen LogP contribution in [0.3, 0.4) is 0 Å². The van der Waals surface area contributed by atoms with Crippen molar-refractivity contribution >= 4 is 34.9 Å². The number of carbonyl (C=O) groups is 2. The maximum atomic E-state index is 13.3. The standard InChI is InChI=1S/C27H26FN5O2S/c28-19-7-5-17(6-8-19)23-4-2-1-3-18(23)16-30-20-9-11-21(12-10-20)31-26-29-14-13-22(32-26)15-24-25(34)33-27(35)36-24/h1-8,13-15,20-21,30H,9-12,16H2,(H,29,31,32)(H,33,34,35)/b24-15-. The van der Waals surface area contributed by atoms with Crippen LogP contribution in [0.15, 0.2) is 65.7 Å². The molecule has 184 valence electrons. The van der Waals surface area contributed by atoms with Crippen molar-refractivity contribution in [2.24, 2.45) is 0 Å². The van der Waals surface area contributed by atoms with Gasteiger partial charge in [-0.05, 0) is 78.4 Å². The number of anilines is 1. The van der Waals surface area contributed by atoms with Crippen molar-refractivity contribution in [1.82, 2.24) is 20.6 Å². The van der Waals surface area contributed by atoms with Crippen LogP contribution < -0.4 is 16.0 Å². The highest BCUT2D eigenvalue weighted by atomic mass is 32.2. The van der Waals surface area contributed by atoms with Crippen LogP contribution in [0, 0.1) is 5.82 Å². The number of hydrogen-bond acceptors (Lipinski definition) is 7. The zero-order valence-electron chi connectivity index (χ0n) is 19.5. The fourth-order valence-electron chi connectivity index (χ4n) is 4.54. The third kappa shape index (κ3) is 5.98. The first-order chi connectivity index (χ1) is 17.5. The number of rotatable bonds is 7. The summed E-state index contributed by atoms with van der Waals surface area (Å²) in [5, 5.41) is 8.98. The Morgan fingerprint density at radius 1 is 1.00 bits per heavy atom. The van der Waals surface area contributed by atoms with Crippen LogP contribution in [0.5, 0.6) is 0 Å². The van der Waals surface area contributed by atoms with Gasteiger partial charge in [-0.3, -0.25) is 14.9 Å². The van der Waals surface area contributed by atoms with Crippen LogP contribution in [-0.2, 0) is 11.3 Å². The molecule has 0 radical (unpaired) electrons. The molecule has 2 fully saturated rings. The number of amides is 2. The molecule has 1 saturated carbocycles. The highest BCUT2D eigenvalue weighted by Crippen LogP contribution is 2.27. The summed E-state index contributed by atoms with van der Waals surface area (Å²) in [5.41, 5.74) is 3.90. The van der Waals surface area contributed by atoms with Gasteiger partial charge in [0.1, 0.15) is 5.82 Å². The van der Waals surface area contributed by atoms with Gasteiger partial charge >= 0.3 is 0 Å². The van der Waals surface area contributed by atoms with E-state index in [1.807, 2.05) is 24.3 Å². The van der Waals surface area contributed by atoms with E-state index in [2.05, 4.69) is 38.1 Å². The first-order valence-electron chi connectivity index (χ1n) is 12.0. The van der Waals surface area contributed by atoms with Crippen molar-refractivity contribution in [3.63, 3.8) is 0 Å². The Morgan fingerprint density at radius 3 is 2.50 bits per heavy atom. The number of imide groups is 1. The Kier molecular flexibility index (Phi) is 7.39. The van der Waals surface area contributed by atoms with Crippen LogP contribution >= 0.6 is 11.8 Å². The molecular weight excluding hydrogens is 477 g/mol. The zero-order valence-corrected chi connectivity index (χ0v) is 20.4. The highest BCUT2D eigenvalue weighted by molar-refractivity contribution is 8.18. The molecule has 2 aliphatic rings. The van der Waals surface area contributed by atoms with E-state index in [0.717, 1.165) is 55.1 Å². The van der Waals surface area contributed by atoms with Crippen molar-refractivity contribution in [2.45, 2.75) is 44.3 Å². The monoisotopic (exact) mass is 503 g/mol. The number of aromatic nitrogens is 2. The Hall–Kier alpha value is -3.56. The number of carbonyl (C=O) groups excluding carboxylic acids is 2. The smallest absolute Gasteiger partial charge is 0.290 e. The second kappa shape index (κ2) is 11.0. The van der Waals surface area contributed by atoms with Gasteiger partial charge < -0.3 is 10.6 Å². The van der Waals surface area contributed by atoms with Crippen molar-refractivity contribution in [1.29, 1.82) is 0 Å². The molecule has 0 bridgehead atoms. The molecule has 1 aliphatic carbocycles. The van der Waals surface area contributed by atoms with Crippen molar-refractivity contribution in [3.8, 4) is 11.1 Å². The van der Waals surface area contributed by atoms with E-state index in [4.69, 9.17) is 0 Å². The van der Waals surface area contributed by atoms with Crippen LogP contribution in [0.4, 0.5) is 15.1 Å². The lowest BCUT2D eigenvalue weighted by molar-refractivity contribution is -0.115. The maximum Gasteiger partial charge on any atom is 0.290 e. The third-order valence-electron chi connectivity index (χ3n) is 6.41. The second-order valence-electron chi connectivity index (χ2n) is 8.90. The summed E-state index contributed by atoms with van der Waals surface area (Å²) < 4.78 is 13.3. The lowest BCUT2D eigenvalue weighted by Gasteiger charge is -2.30. The van der Waals surface area contributed by atoms with Gasteiger partial charge in [-0.25, -0.2) is 14.4 Å². The van der Waals surface area contributed by atoms with Crippen LogP contribution in [0.1, 0.15) is 36.9 Å². The van der Waals surface area contributed by atoms with E-state index in [1.165, 1.54) is 17.7 Å². The van der Waals surface area contributed by atoms with Gasteiger partial charge in [0.05, 0.1) is 10.6 Å². The maximum absolute atomic E-state index is 13.3. The predicted molar refractivity (Wildman–Crippen MR) is 139 cm³/mol. The van der Waals surface area contributed by atoms with E-state index < -0.39 is 5.91 Å². The van der Waals surface area contributed by atoms with Crippen LogP contribution in [0.2, 0.25) is 0 Å². The Bertz CT molecular complexity index is 1290. The summed E-state index contributed by atoms with van der Waals surface area (Å²) >= 11 is 0.872. The molecule has 0 unspecified atom stereocenters. The number of hydrogen-bond donors (Lipinski definition) is 3. The number of thioether (sulfide) groups is 1. The number of halogens is 1. The molecule has 5 rings (SSSR count). The van der Waals surface area contributed by atoms with E-state index in [1.54, 1.807) is 18.3 Å². The molecule has 0 atom stereocenters. The molecule has 1 saturated heterocycles. The van der Waals surface area contributed by atoms with Gasteiger partial charge in [-0.1, -0.05) is 36.4 Å². The summed E-state index contributed by atoms with van der Waals surface area (Å²) in [5.74, 6) is -0.112. The largest absolute Gasteiger partial charge is 0.351 e. The molecule has 1 aromatic heterocycles. The number of benzene rings is 2. The molecule has 3 N–H and O–H groups in total. The molecule has 2 aromatic carbocycles. The molecule has 2 heterocycles. The highest BCUT2D eigenvalue weighted by Gasteiger charge is 2.25. The molecular formula is C27H26FN5O2S. The summed E-state index contributed by atoms with van der Waals surface area (Å²) in [6, 6.07) is 17.2. The van der Waals surface area contributed by atoms with Crippen molar-refractivity contribution in [3.05, 3.63) is 82.8 Å². The van der Waals surface area contributed by atoms with Gasteiger partial charge in [0.25, 0.3) is 11.1 Å². The SMILES string of the molecule is O=C1NC(=O)/C(=C/c2ccnc(NC3CCC(NCc4ccccc4-c4ccc(F)cc4)CC3)n2)S1. The molecule has 3 aromatic rings. The van der Waals surface area contributed by atoms with E-state index in [9.17, 15) is 14.0 Å². The normalized spacial score (nSPS) is 21.0. The first kappa shape index (κ1) is 24.1. The Morgan fingerprint density at radius 2 is 1.75 bits per heavy atom. The lowest BCUT2D eigenvalue weighted by Crippen LogP contribution is -2.37. The third-order valence-corrected chi connectivity index (χ3v) is 7.22. The average Bonchev–Trinajstić information content (AvgIpc) is 3.20. The first-order valence-corrected chi connectivity index (χ1v) is 12.8. The van der Waals surface area contributed by atoms with Gasteiger partial charge in [-0.2, -0.15) is 0 Å². The molecule has 2 amide bonds. The predicted octanol–water partition coefficient (Wildman–Crippen LogP) is 5.12. The Balaban J connectivity index is 1.14. The fourth-order valence-corrected chi connectivity index (χ4v) is 5.21. The lowest BCUT2D eigenvalue weighted by atomic mass is 9.91. The molecule has 1 aliphatic heterocycles. The topological polar surface area (TPSA) is 96.0 Å². The summed E-state index contributed by atoms with van der Waals surface area (Å²) in [6.45, 7) is 0.754. The Labute approximate surface area is 213 Å². The van der Waals surface area contributed by atoms with E-state index in [-0.39, 0.29) is 17.1 Å². The van der Waals surface area contributed by atoms with Gasteiger partial charge in [-0.15, -0.1) is 0 Å². The van der Waals surface area contributed by atoms with Crippen molar-refractivity contribution < 1.29 is 14.0 Å². The minimum absolute atomic E-state index is 0.231. The molecule has 36 heavy (non-hydrogen) atoms. The fraction of sp³-hybridized carbons (Fsp3) is 0.259. The van der Waals surface area contributed by atoms with E-state index >= 15 is 0 Å². The summed E-state index contributed by atoms with van der Waals surface area (Å²) in [6.07, 6.45) is 7.27. The minimum Gasteiger partial charge on any atom is -0.351 e. The van der Waals surface area contributed by atoms with Gasteiger partial charge in [0, 0.05) is 24.8 Å². The molecule has 7 nitrogen and oxygen atoms in total. The van der Waals surface area contributed by atoms with E-state index in [0.29, 0.717) is 22.6 Å².